The summed E-state index contributed by atoms with van der Waals surface area (Å²) in [7, 11) is 0. The summed E-state index contributed by atoms with van der Waals surface area (Å²) >= 11 is 6.05. The number of hydrogen-bond acceptors (Lipinski definition) is 2. The van der Waals surface area contributed by atoms with Gasteiger partial charge in [0.1, 0.15) is 0 Å². The molecule has 0 radical (unpaired) electrons. The minimum atomic E-state index is -0.0188. The van der Waals surface area contributed by atoms with E-state index in [0.29, 0.717) is 24.4 Å². The van der Waals surface area contributed by atoms with Gasteiger partial charge in [0.2, 0.25) is 11.8 Å². The molecule has 0 unspecified atom stereocenters. The molecule has 2 aromatic rings. The van der Waals surface area contributed by atoms with Crippen LogP contribution in [0.15, 0.2) is 42.6 Å². The van der Waals surface area contributed by atoms with Gasteiger partial charge in [0.05, 0.1) is 6.42 Å². The highest BCUT2D eigenvalue weighted by molar-refractivity contribution is 6.30. The molecular weight excluding hydrogens is 338 g/mol. The molecule has 25 heavy (non-hydrogen) atoms. The smallest absolute Gasteiger partial charge is 0.225 e. The zero-order valence-corrected chi connectivity index (χ0v) is 14.8. The van der Waals surface area contributed by atoms with Crippen molar-refractivity contribution in [2.24, 2.45) is 0 Å². The number of aromatic nitrogens is 1. The Morgan fingerprint density at radius 2 is 2.12 bits per heavy atom. The first-order valence-electron chi connectivity index (χ1n) is 8.60. The highest BCUT2D eigenvalue weighted by Gasteiger charge is 2.19. The lowest BCUT2D eigenvalue weighted by Crippen LogP contribution is -2.31. The number of hydrogen-bond donors (Lipinski definition) is 1. The molecular formula is C19H22ClN3O2. The molecule has 0 bridgehead atoms. The van der Waals surface area contributed by atoms with Crippen LogP contribution < -0.4 is 5.32 Å². The molecule has 5 nitrogen and oxygen atoms in total. The van der Waals surface area contributed by atoms with Gasteiger partial charge >= 0.3 is 0 Å². The first-order valence-corrected chi connectivity index (χ1v) is 8.98. The van der Waals surface area contributed by atoms with Crippen LogP contribution in [-0.4, -0.2) is 40.9 Å². The van der Waals surface area contributed by atoms with Gasteiger partial charge in [-0.2, -0.15) is 0 Å². The van der Waals surface area contributed by atoms with Crippen LogP contribution in [0.4, 0.5) is 0 Å². The Morgan fingerprint density at radius 1 is 1.24 bits per heavy atom. The van der Waals surface area contributed by atoms with Gasteiger partial charge in [0.25, 0.3) is 0 Å². The quantitative estimate of drug-likeness (QED) is 0.773. The zero-order valence-electron chi connectivity index (χ0n) is 14.1. The molecule has 1 aliphatic rings. The third-order valence-electron chi connectivity index (χ3n) is 4.36. The molecule has 132 valence electrons. The van der Waals surface area contributed by atoms with E-state index in [4.69, 9.17) is 11.6 Å². The topological polar surface area (TPSA) is 54.3 Å². The summed E-state index contributed by atoms with van der Waals surface area (Å²) in [6, 6.07) is 11.4. The Bertz CT molecular complexity index is 757. The van der Waals surface area contributed by atoms with Crippen LogP contribution >= 0.6 is 11.6 Å². The number of carbonyl (C=O) groups excluding carboxylic acids is 2. The Balaban J connectivity index is 1.49. The number of rotatable bonds is 7. The Kier molecular flexibility index (Phi) is 5.76. The van der Waals surface area contributed by atoms with Crippen molar-refractivity contribution in [3.63, 3.8) is 0 Å². The van der Waals surface area contributed by atoms with Crippen LogP contribution in [0.5, 0.6) is 0 Å². The second-order valence-corrected chi connectivity index (χ2v) is 6.65. The first-order chi connectivity index (χ1) is 12.1. The Labute approximate surface area is 152 Å². The Hall–Kier alpha value is -2.27. The van der Waals surface area contributed by atoms with E-state index in [9.17, 15) is 9.59 Å². The fraction of sp³-hybridized carbons (Fsp3) is 0.368. The van der Waals surface area contributed by atoms with Crippen LogP contribution in [0.1, 0.15) is 25.0 Å². The lowest BCUT2D eigenvalue weighted by Gasteiger charge is -2.15. The fourth-order valence-electron chi connectivity index (χ4n) is 3.10. The van der Waals surface area contributed by atoms with Gasteiger partial charge in [0.15, 0.2) is 0 Å². The van der Waals surface area contributed by atoms with Crippen molar-refractivity contribution < 1.29 is 9.59 Å². The van der Waals surface area contributed by atoms with Crippen LogP contribution in [0, 0.1) is 0 Å². The van der Waals surface area contributed by atoms with E-state index in [1.807, 2.05) is 52.1 Å². The Morgan fingerprint density at radius 3 is 2.88 bits per heavy atom. The molecule has 1 saturated heterocycles. The summed E-state index contributed by atoms with van der Waals surface area (Å²) in [6.07, 6.45) is 4.63. The first kappa shape index (κ1) is 17.5. The summed E-state index contributed by atoms with van der Waals surface area (Å²) in [6.45, 7) is 2.15. The lowest BCUT2D eigenvalue weighted by molar-refractivity contribution is -0.127. The fourth-order valence-corrected chi connectivity index (χ4v) is 3.29. The molecule has 0 aliphatic carbocycles. The molecule has 1 N–H and O–H groups in total. The number of halogens is 1. The lowest BCUT2D eigenvalue weighted by atomic mass is 10.2. The van der Waals surface area contributed by atoms with E-state index < -0.39 is 0 Å². The monoisotopic (exact) mass is 359 g/mol. The minimum absolute atomic E-state index is 0.0188. The van der Waals surface area contributed by atoms with E-state index >= 15 is 0 Å². The molecule has 6 heteroatoms. The maximum absolute atomic E-state index is 12.2. The van der Waals surface area contributed by atoms with Crippen LogP contribution in [0.3, 0.4) is 0 Å². The normalized spacial score (nSPS) is 14.1. The van der Waals surface area contributed by atoms with E-state index in [2.05, 4.69) is 5.32 Å². The van der Waals surface area contributed by atoms with Gasteiger partial charge in [-0.15, -0.1) is 0 Å². The minimum Gasteiger partial charge on any atom is -0.356 e. The summed E-state index contributed by atoms with van der Waals surface area (Å²) in [5, 5.41) is 3.60. The van der Waals surface area contributed by atoms with Crippen LogP contribution in [0.2, 0.25) is 5.02 Å². The standard InChI is InChI=1S/C19H22ClN3O2/c20-15-5-1-6-16(13-15)23-12-2-7-17(23)14-18(24)21-9-4-11-22-10-3-8-19(22)25/h1-2,5-7,12-13H,3-4,8-11,14H2,(H,21,24). The van der Waals surface area contributed by atoms with Gasteiger partial charge in [0, 0.05) is 48.7 Å². The molecule has 1 aromatic carbocycles. The van der Waals surface area contributed by atoms with E-state index in [0.717, 1.165) is 37.3 Å². The molecule has 1 aromatic heterocycles. The molecule has 2 amide bonds. The predicted octanol–water partition coefficient (Wildman–Crippen LogP) is 2.80. The highest BCUT2D eigenvalue weighted by atomic mass is 35.5. The number of amides is 2. The van der Waals surface area contributed by atoms with E-state index in [1.165, 1.54) is 0 Å². The van der Waals surface area contributed by atoms with Gasteiger partial charge < -0.3 is 14.8 Å². The molecule has 0 spiro atoms. The number of benzene rings is 1. The van der Waals surface area contributed by atoms with Crippen molar-refractivity contribution >= 4 is 23.4 Å². The molecule has 1 aliphatic heterocycles. The van der Waals surface area contributed by atoms with E-state index in [1.54, 1.807) is 0 Å². The SMILES string of the molecule is O=C(Cc1cccn1-c1cccc(Cl)c1)NCCCN1CCCC1=O. The van der Waals surface area contributed by atoms with Crippen molar-refractivity contribution in [3.05, 3.63) is 53.3 Å². The van der Waals surface area contributed by atoms with Crippen molar-refractivity contribution in [2.45, 2.75) is 25.7 Å². The summed E-state index contributed by atoms with van der Waals surface area (Å²) in [5.74, 6) is 0.209. The zero-order chi connectivity index (χ0) is 17.6. The number of nitrogens with zero attached hydrogens (tertiary/aromatic N) is 2. The largest absolute Gasteiger partial charge is 0.356 e. The summed E-state index contributed by atoms with van der Waals surface area (Å²) in [5.41, 5.74) is 1.85. The van der Waals surface area contributed by atoms with Gasteiger partial charge in [-0.1, -0.05) is 17.7 Å². The van der Waals surface area contributed by atoms with Crippen molar-refractivity contribution in [2.75, 3.05) is 19.6 Å². The second-order valence-electron chi connectivity index (χ2n) is 6.21. The molecule has 0 saturated carbocycles. The number of carbonyl (C=O) groups is 2. The van der Waals surface area contributed by atoms with Crippen LogP contribution in [-0.2, 0) is 16.0 Å². The predicted molar refractivity (Wildman–Crippen MR) is 97.9 cm³/mol. The summed E-state index contributed by atoms with van der Waals surface area (Å²) in [4.78, 5) is 25.6. The molecule has 1 fully saturated rings. The third-order valence-corrected chi connectivity index (χ3v) is 4.59. The maximum Gasteiger partial charge on any atom is 0.225 e. The number of nitrogens with one attached hydrogen (secondary N) is 1. The average molecular weight is 360 g/mol. The van der Waals surface area contributed by atoms with Crippen molar-refractivity contribution in [1.82, 2.24) is 14.8 Å². The highest BCUT2D eigenvalue weighted by Crippen LogP contribution is 2.17. The third kappa shape index (κ3) is 4.63. The maximum atomic E-state index is 12.2. The molecule has 2 heterocycles. The van der Waals surface area contributed by atoms with Crippen molar-refractivity contribution in [1.29, 1.82) is 0 Å². The molecule has 3 rings (SSSR count). The van der Waals surface area contributed by atoms with Gasteiger partial charge in [-0.05, 0) is 43.2 Å². The molecule has 0 atom stereocenters. The van der Waals surface area contributed by atoms with E-state index in [-0.39, 0.29) is 11.8 Å². The van der Waals surface area contributed by atoms with Gasteiger partial charge in [-0.3, -0.25) is 9.59 Å². The summed E-state index contributed by atoms with van der Waals surface area (Å²) < 4.78 is 1.97. The van der Waals surface area contributed by atoms with Gasteiger partial charge in [-0.25, -0.2) is 0 Å². The number of likely N-dealkylation sites (tertiary alicyclic amines) is 1. The van der Waals surface area contributed by atoms with Crippen molar-refractivity contribution in [3.8, 4) is 5.69 Å². The second kappa shape index (κ2) is 8.21. The average Bonchev–Trinajstić information content (AvgIpc) is 3.21. The van der Waals surface area contributed by atoms with Crippen LogP contribution in [0.25, 0.3) is 5.69 Å².